The Morgan fingerprint density at radius 3 is 2.47 bits per heavy atom. The third kappa shape index (κ3) is 3.71. The maximum atomic E-state index is 10.5. The van der Waals surface area contributed by atoms with Gasteiger partial charge in [0.05, 0.1) is 14.2 Å². The van der Waals surface area contributed by atoms with Crippen LogP contribution in [0, 0.1) is 10.1 Å². The Morgan fingerprint density at radius 1 is 1.37 bits per heavy atom. The molecule has 0 atom stereocenters. The Morgan fingerprint density at radius 2 is 2.00 bits per heavy atom. The first-order valence-electron chi connectivity index (χ1n) is 5.00. The van der Waals surface area contributed by atoms with Gasteiger partial charge in [-0.1, -0.05) is 6.07 Å². The quantitative estimate of drug-likeness (QED) is 0.613. The fraction of sp³-hybridized carbons (Fsp3) is 0.300. The normalized spacial score (nSPS) is 9.79. The monoisotopic (exact) mass is 272 g/mol. The number of methoxy groups -OCH3 is 2. The maximum absolute atomic E-state index is 10.5. The summed E-state index contributed by atoms with van der Waals surface area (Å²) < 4.78 is 10.0. The second kappa shape index (κ2) is 6.40. The Balaban J connectivity index is 2.77. The highest BCUT2D eigenvalue weighted by molar-refractivity contribution is 5.61. The maximum Gasteiger partial charge on any atom is 0.495 e. The molecule has 9 nitrogen and oxygen atoms in total. The smallest absolute Gasteiger partial charge is 0.493 e. The van der Waals surface area contributed by atoms with E-state index in [1.807, 2.05) is 0 Å². The van der Waals surface area contributed by atoms with Crippen LogP contribution in [-0.2, 0) is 11.4 Å². The third-order valence-electron chi connectivity index (χ3n) is 2.11. The van der Waals surface area contributed by atoms with Gasteiger partial charge in [-0.15, -0.1) is 0 Å². The van der Waals surface area contributed by atoms with Crippen LogP contribution in [0.3, 0.4) is 0 Å². The molecule has 1 rings (SSSR count). The lowest BCUT2D eigenvalue weighted by molar-refractivity contribution is -0.713. The molecule has 104 valence electrons. The average molecular weight is 272 g/mol. The van der Waals surface area contributed by atoms with E-state index in [1.54, 1.807) is 12.1 Å². The van der Waals surface area contributed by atoms with Gasteiger partial charge in [0.25, 0.3) is 0 Å². The van der Waals surface area contributed by atoms with Crippen molar-refractivity contribution >= 4 is 6.09 Å². The van der Waals surface area contributed by atoms with E-state index in [1.165, 1.54) is 20.3 Å². The van der Waals surface area contributed by atoms with Crippen molar-refractivity contribution in [1.82, 2.24) is 5.17 Å². The summed E-state index contributed by atoms with van der Waals surface area (Å²) in [5, 5.41) is 17.3. The number of hydrazine groups is 1. The number of carboxylic acid groups (broad SMARTS) is 1. The van der Waals surface area contributed by atoms with Gasteiger partial charge in [-0.05, 0) is 17.7 Å². The summed E-state index contributed by atoms with van der Waals surface area (Å²) in [5.41, 5.74) is 0.491. The number of nitrogens with zero attached hydrogens (tertiary/aromatic N) is 2. The zero-order valence-electron chi connectivity index (χ0n) is 10.2. The van der Waals surface area contributed by atoms with Crippen LogP contribution < -0.4 is 9.47 Å². The molecule has 0 aromatic heterocycles. The highest BCUT2D eigenvalue weighted by atomic mass is 16.9. The summed E-state index contributed by atoms with van der Waals surface area (Å²) in [6, 6.07) is 4.68. The molecule has 0 aliphatic rings. The van der Waals surface area contributed by atoms with Crippen molar-refractivity contribution in [2.75, 3.05) is 14.2 Å². The van der Waals surface area contributed by atoms with Crippen molar-refractivity contribution < 1.29 is 29.2 Å². The topological polar surface area (TPSA) is 111 Å². The lowest BCUT2D eigenvalue weighted by atomic mass is 10.2. The molecule has 0 spiro atoms. The van der Waals surface area contributed by atoms with E-state index < -0.39 is 11.1 Å². The van der Waals surface area contributed by atoms with Crippen LogP contribution in [-0.4, -0.2) is 35.6 Å². The van der Waals surface area contributed by atoms with Crippen molar-refractivity contribution in [2.24, 2.45) is 0 Å². The Hall–Kier alpha value is -2.55. The molecular weight excluding hydrogens is 260 g/mol. The van der Waals surface area contributed by atoms with Crippen LogP contribution >= 0.6 is 0 Å². The minimum absolute atomic E-state index is 0.298. The number of carbonyl (C=O) groups is 1. The van der Waals surface area contributed by atoms with E-state index in [2.05, 4.69) is 4.84 Å². The largest absolute Gasteiger partial charge is 0.495 e. The molecule has 1 aromatic carbocycles. The molecule has 0 saturated heterocycles. The van der Waals surface area contributed by atoms with Crippen molar-refractivity contribution in [3.05, 3.63) is 33.9 Å². The van der Waals surface area contributed by atoms with Crippen LogP contribution in [0.5, 0.6) is 11.5 Å². The molecule has 0 unspecified atom stereocenters. The molecule has 0 fully saturated rings. The number of ether oxygens (including phenoxy) is 2. The van der Waals surface area contributed by atoms with Crippen molar-refractivity contribution in [1.29, 1.82) is 0 Å². The van der Waals surface area contributed by atoms with Crippen LogP contribution in [0.15, 0.2) is 18.2 Å². The lowest BCUT2D eigenvalue weighted by Gasteiger charge is -2.10. The molecule has 9 heteroatoms. The Bertz CT molecular complexity index is 463. The molecule has 0 aliphatic heterocycles. The molecule has 1 aromatic rings. The number of benzene rings is 1. The molecule has 0 aliphatic carbocycles. The Kier molecular flexibility index (Phi) is 4.89. The summed E-state index contributed by atoms with van der Waals surface area (Å²) in [4.78, 5) is 25.4. The molecule has 19 heavy (non-hydrogen) atoms. The number of rotatable bonds is 6. The van der Waals surface area contributed by atoms with Gasteiger partial charge in [0.15, 0.2) is 16.5 Å². The SMILES string of the molecule is COc1ccc(CON(C(=O)O)[N+](=O)[O-])cc1OC. The van der Waals surface area contributed by atoms with E-state index in [4.69, 9.17) is 14.6 Å². The highest BCUT2D eigenvalue weighted by Crippen LogP contribution is 2.27. The van der Waals surface area contributed by atoms with Gasteiger partial charge >= 0.3 is 6.09 Å². The standard InChI is InChI=1S/C10H12N2O7/c1-17-8-4-3-7(5-9(8)18-2)6-19-11(10(13)14)12(15)16/h3-5H,6H2,1-2H3,(H,13,14). The van der Waals surface area contributed by atoms with E-state index in [-0.39, 0.29) is 11.8 Å². The average Bonchev–Trinajstić information content (AvgIpc) is 2.37. The minimum Gasteiger partial charge on any atom is -0.493 e. The molecular formula is C10H12N2O7. The van der Waals surface area contributed by atoms with Crippen molar-refractivity contribution in [3.63, 3.8) is 0 Å². The highest BCUT2D eigenvalue weighted by Gasteiger charge is 2.25. The van der Waals surface area contributed by atoms with Gasteiger partial charge in [-0.2, -0.15) is 0 Å². The van der Waals surface area contributed by atoms with E-state index in [0.717, 1.165) is 0 Å². The first-order chi connectivity index (χ1) is 8.99. The first kappa shape index (κ1) is 14.5. The molecule has 0 saturated carbocycles. The fourth-order valence-electron chi connectivity index (χ4n) is 1.28. The number of hydrogen-bond donors (Lipinski definition) is 1. The molecule has 1 amide bonds. The van der Waals surface area contributed by atoms with E-state index in [0.29, 0.717) is 17.1 Å². The predicted octanol–water partition coefficient (Wildman–Crippen LogP) is 1.31. The minimum atomic E-state index is -1.81. The summed E-state index contributed by atoms with van der Waals surface area (Å²) in [6.45, 7) is -0.298. The van der Waals surface area contributed by atoms with E-state index >= 15 is 0 Å². The van der Waals surface area contributed by atoms with Gasteiger partial charge in [0.1, 0.15) is 11.8 Å². The van der Waals surface area contributed by atoms with Gasteiger partial charge < -0.3 is 14.6 Å². The van der Waals surface area contributed by atoms with Crippen LogP contribution in [0.4, 0.5) is 4.79 Å². The van der Waals surface area contributed by atoms with Gasteiger partial charge in [-0.3, -0.25) is 0 Å². The van der Waals surface area contributed by atoms with Gasteiger partial charge in [0.2, 0.25) is 0 Å². The van der Waals surface area contributed by atoms with Crippen molar-refractivity contribution in [2.45, 2.75) is 6.61 Å². The summed E-state index contributed by atoms with van der Waals surface area (Å²) >= 11 is 0. The zero-order valence-corrected chi connectivity index (χ0v) is 10.2. The summed E-state index contributed by atoms with van der Waals surface area (Å²) in [6.07, 6.45) is -1.81. The number of amides is 1. The number of hydroxylamine groups is 1. The predicted molar refractivity (Wildman–Crippen MR) is 61.2 cm³/mol. The summed E-state index contributed by atoms with van der Waals surface area (Å²) in [5.74, 6) is 0.891. The second-order valence-corrected chi connectivity index (χ2v) is 3.26. The van der Waals surface area contributed by atoms with Crippen molar-refractivity contribution in [3.8, 4) is 11.5 Å². The second-order valence-electron chi connectivity index (χ2n) is 3.26. The lowest BCUT2D eigenvalue weighted by Crippen LogP contribution is -2.34. The van der Waals surface area contributed by atoms with Crippen LogP contribution in [0.25, 0.3) is 0 Å². The van der Waals surface area contributed by atoms with Crippen LogP contribution in [0.2, 0.25) is 0 Å². The van der Waals surface area contributed by atoms with E-state index in [9.17, 15) is 14.9 Å². The molecule has 0 heterocycles. The Labute approximate surface area is 108 Å². The molecule has 0 radical (unpaired) electrons. The zero-order chi connectivity index (χ0) is 14.4. The number of hydrogen-bond acceptors (Lipinski definition) is 6. The molecule has 1 N–H and O–H groups in total. The fourth-order valence-corrected chi connectivity index (χ4v) is 1.28. The molecule has 0 bridgehead atoms. The van der Waals surface area contributed by atoms with Gasteiger partial charge in [0, 0.05) is 0 Å². The number of nitro groups is 1. The van der Waals surface area contributed by atoms with Crippen LogP contribution in [0.1, 0.15) is 5.56 Å². The van der Waals surface area contributed by atoms with Gasteiger partial charge in [-0.25, -0.2) is 19.7 Å². The third-order valence-corrected chi connectivity index (χ3v) is 2.11. The summed E-state index contributed by atoms with van der Waals surface area (Å²) in [7, 11) is 2.90. The first-order valence-corrected chi connectivity index (χ1v) is 5.00.